The van der Waals surface area contributed by atoms with E-state index in [1.54, 1.807) is 0 Å². The molecule has 0 spiro atoms. The highest BCUT2D eigenvalue weighted by Gasteiger charge is 2.51. The van der Waals surface area contributed by atoms with Gasteiger partial charge >= 0.3 is 24.4 Å². The molecule has 2 aromatic rings. The number of hydrogen-bond donors (Lipinski definition) is 2. The van der Waals surface area contributed by atoms with Crippen molar-refractivity contribution in [1.29, 1.82) is 0 Å². The predicted molar refractivity (Wildman–Crippen MR) is 133 cm³/mol. The molecule has 1 unspecified atom stereocenters. The summed E-state index contributed by atoms with van der Waals surface area (Å²) in [6, 6.07) is 4.21. The van der Waals surface area contributed by atoms with E-state index < -0.39 is 74.4 Å². The fourth-order valence-corrected chi connectivity index (χ4v) is 5.35. The standard InChI is InChI=1S/C25H25F7N2O7S/c1-22(2,20(35)36)11-14-12-34(42(38,39)15-6-7-17(26)16(10-15)24(27,28)29)18-9-13(5-8-19(18)40-14)33-21(37)41-23(3,4)25(30,31)32/h5-10,14H,11-12H2,1-4H3,(H,33,37)(H,35,36). The number of carbonyl (C=O) groups excluding carboxylic acids is 1. The molecular weight excluding hydrogens is 605 g/mol. The fourth-order valence-electron chi connectivity index (χ4n) is 3.82. The van der Waals surface area contributed by atoms with E-state index in [4.69, 9.17) is 4.74 Å². The van der Waals surface area contributed by atoms with Crippen LogP contribution in [0.1, 0.15) is 39.7 Å². The van der Waals surface area contributed by atoms with Crippen molar-refractivity contribution in [3.63, 3.8) is 0 Å². The average molecular weight is 631 g/mol. The highest BCUT2D eigenvalue weighted by Crippen LogP contribution is 2.42. The molecule has 1 aliphatic heterocycles. The zero-order valence-corrected chi connectivity index (χ0v) is 23.2. The normalized spacial score (nSPS) is 16.4. The van der Waals surface area contributed by atoms with E-state index in [9.17, 15) is 53.8 Å². The number of carboxylic acid groups (broad SMARTS) is 1. The van der Waals surface area contributed by atoms with Gasteiger partial charge in [-0.25, -0.2) is 17.6 Å². The maximum Gasteiger partial charge on any atom is 0.427 e. The van der Waals surface area contributed by atoms with Crippen LogP contribution in [0.15, 0.2) is 41.3 Å². The molecular formula is C25H25F7N2O7S. The first kappa shape index (κ1) is 32.8. The molecule has 42 heavy (non-hydrogen) atoms. The zero-order valence-electron chi connectivity index (χ0n) is 22.4. The Hall–Kier alpha value is -3.76. The smallest absolute Gasteiger partial charge is 0.427 e. The number of nitrogens with zero attached hydrogens (tertiary/aromatic N) is 1. The number of alkyl halides is 6. The molecule has 1 aliphatic rings. The van der Waals surface area contributed by atoms with Gasteiger partial charge in [-0.2, -0.15) is 26.3 Å². The minimum atomic E-state index is -5.24. The quantitative estimate of drug-likeness (QED) is 0.350. The van der Waals surface area contributed by atoms with E-state index >= 15 is 0 Å². The summed E-state index contributed by atoms with van der Waals surface area (Å²) in [5.74, 6) is -3.18. The Bertz CT molecular complexity index is 1490. The van der Waals surface area contributed by atoms with Crippen LogP contribution in [-0.4, -0.2) is 50.0 Å². The first-order chi connectivity index (χ1) is 19.0. The number of fused-ring (bicyclic) bond motifs is 1. The Morgan fingerprint density at radius 2 is 1.67 bits per heavy atom. The molecule has 1 amide bonds. The minimum Gasteiger partial charge on any atom is -0.486 e. The van der Waals surface area contributed by atoms with Crippen LogP contribution in [-0.2, 0) is 25.7 Å². The van der Waals surface area contributed by atoms with Gasteiger partial charge in [-0.1, -0.05) is 0 Å². The molecule has 2 N–H and O–H groups in total. The lowest BCUT2D eigenvalue weighted by Gasteiger charge is -2.38. The Balaban J connectivity index is 2.07. The molecule has 2 aromatic carbocycles. The van der Waals surface area contributed by atoms with Crippen molar-refractivity contribution in [3.8, 4) is 5.75 Å². The van der Waals surface area contributed by atoms with Gasteiger partial charge in [-0.3, -0.25) is 14.4 Å². The highest BCUT2D eigenvalue weighted by atomic mass is 32.2. The number of carboxylic acids is 1. The number of nitrogens with one attached hydrogen (secondary N) is 1. The van der Waals surface area contributed by atoms with Crippen molar-refractivity contribution in [1.82, 2.24) is 0 Å². The second-order valence-corrected chi connectivity index (χ2v) is 12.4. The Morgan fingerprint density at radius 3 is 2.21 bits per heavy atom. The van der Waals surface area contributed by atoms with Crippen molar-refractivity contribution in [2.45, 2.75) is 63.1 Å². The van der Waals surface area contributed by atoms with E-state index in [-0.39, 0.29) is 29.6 Å². The van der Waals surface area contributed by atoms with Gasteiger partial charge in [-0.05, 0) is 64.1 Å². The van der Waals surface area contributed by atoms with Crippen LogP contribution in [0.5, 0.6) is 5.75 Å². The van der Waals surface area contributed by atoms with Gasteiger partial charge in [0.1, 0.15) is 17.7 Å². The minimum absolute atomic E-state index is 0.0919. The lowest BCUT2D eigenvalue weighted by molar-refractivity contribution is -0.242. The molecule has 0 saturated heterocycles. The number of anilines is 2. The van der Waals surface area contributed by atoms with Gasteiger partial charge in [0.05, 0.1) is 28.1 Å². The van der Waals surface area contributed by atoms with E-state index in [0.29, 0.717) is 30.3 Å². The van der Waals surface area contributed by atoms with Crippen LogP contribution in [0, 0.1) is 11.2 Å². The highest BCUT2D eigenvalue weighted by molar-refractivity contribution is 7.92. The molecule has 0 aromatic heterocycles. The maximum atomic E-state index is 13.9. The summed E-state index contributed by atoms with van der Waals surface area (Å²) in [7, 11) is -4.93. The number of amides is 1. The van der Waals surface area contributed by atoms with Gasteiger partial charge < -0.3 is 14.6 Å². The van der Waals surface area contributed by atoms with Crippen molar-refractivity contribution in [2.75, 3.05) is 16.2 Å². The molecule has 9 nitrogen and oxygen atoms in total. The molecule has 0 radical (unpaired) electrons. The van der Waals surface area contributed by atoms with Crippen LogP contribution < -0.4 is 14.4 Å². The Labute approximate surface area is 235 Å². The molecule has 17 heteroatoms. The summed E-state index contributed by atoms with van der Waals surface area (Å²) < 4.78 is 131. The largest absolute Gasteiger partial charge is 0.486 e. The SMILES string of the molecule is CC(C)(CC1CN(S(=O)(=O)c2ccc(F)c(C(F)(F)F)c2)c2cc(NC(=O)OC(C)(C)C(F)(F)F)ccc2O1)C(=O)O. The zero-order chi connectivity index (χ0) is 32.1. The summed E-state index contributed by atoms with van der Waals surface area (Å²) in [5, 5.41) is 11.5. The summed E-state index contributed by atoms with van der Waals surface area (Å²) in [6.07, 6.45) is -13.1. The number of sulfonamides is 1. The van der Waals surface area contributed by atoms with Gasteiger partial charge in [-0.15, -0.1) is 0 Å². The van der Waals surface area contributed by atoms with Gasteiger partial charge in [0.25, 0.3) is 10.0 Å². The van der Waals surface area contributed by atoms with Gasteiger partial charge in [0.2, 0.25) is 5.60 Å². The second-order valence-electron chi connectivity index (χ2n) is 10.5. The van der Waals surface area contributed by atoms with E-state index in [1.165, 1.54) is 13.8 Å². The number of carbonyl (C=O) groups is 2. The van der Waals surface area contributed by atoms with Gasteiger partial charge in [0, 0.05) is 12.1 Å². The predicted octanol–water partition coefficient (Wildman–Crippen LogP) is 6.19. The number of hydrogen-bond acceptors (Lipinski definition) is 6. The number of aliphatic carboxylic acids is 1. The Kier molecular flexibility index (Phi) is 8.44. The van der Waals surface area contributed by atoms with E-state index in [2.05, 4.69) is 4.74 Å². The summed E-state index contributed by atoms with van der Waals surface area (Å²) in [6.45, 7) is 3.24. The molecule has 0 aliphatic carbocycles. The molecule has 0 saturated carbocycles. The fraction of sp³-hybridized carbons (Fsp3) is 0.440. The molecule has 232 valence electrons. The van der Waals surface area contributed by atoms with Crippen molar-refractivity contribution in [2.24, 2.45) is 5.41 Å². The average Bonchev–Trinajstić information content (AvgIpc) is 2.81. The van der Waals surface area contributed by atoms with Crippen LogP contribution in [0.4, 0.5) is 46.9 Å². The van der Waals surface area contributed by atoms with Crippen molar-refractivity contribution in [3.05, 3.63) is 47.8 Å². The Morgan fingerprint density at radius 1 is 1.05 bits per heavy atom. The molecule has 1 atom stereocenters. The number of benzene rings is 2. The third-order valence-electron chi connectivity index (χ3n) is 6.32. The lowest BCUT2D eigenvalue weighted by atomic mass is 9.86. The lowest BCUT2D eigenvalue weighted by Crippen LogP contribution is -2.46. The maximum absolute atomic E-state index is 13.9. The third-order valence-corrected chi connectivity index (χ3v) is 8.09. The number of halogens is 7. The molecule has 0 bridgehead atoms. The summed E-state index contributed by atoms with van der Waals surface area (Å²) >= 11 is 0. The monoisotopic (exact) mass is 630 g/mol. The van der Waals surface area contributed by atoms with E-state index in [1.807, 2.05) is 5.32 Å². The molecule has 0 fully saturated rings. The number of rotatable bonds is 7. The van der Waals surface area contributed by atoms with Gasteiger partial charge in [0.15, 0.2) is 0 Å². The van der Waals surface area contributed by atoms with Crippen molar-refractivity contribution >= 4 is 33.5 Å². The summed E-state index contributed by atoms with van der Waals surface area (Å²) in [4.78, 5) is 22.9. The molecule has 1 heterocycles. The van der Waals surface area contributed by atoms with E-state index in [0.717, 1.165) is 18.2 Å². The number of ether oxygens (including phenoxy) is 2. The van der Waals surface area contributed by atoms with Crippen molar-refractivity contribution < 1.29 is 63.3 Å². The van der Waals surface area contributed by atoms with Crippen LogP contribution in [0.25, 0.3) is 0 Å². The van der Waals surface area contributed by atoms with Crippen LogP contribution >= 0.6 is 0 Å². The topological polar surface area (TPSA) is 122 Å². The summed E-state index contributed by atoms with van der Waals surface area (Å²) in [5.41, 5.74) is -6.82. The first-order valence-electron chi connectivity index (χ1n) is 12.0. The second kappa shape index (κ2) is 10.8. The third kappa shape index (κ3) is 6.82. The van der Waals surface area contributed by atoms with Crippen LogP contribution in [0.2, 0.25) is 0 Å². The molecule has 3 rings (SSSR count). The first-order valence-corrected chi connectivity index (χ1v) is 13.4. The van der Waals surface area contributed by atoms with Crippen LogP contribution in [0.3, 0.4) is 0 Å².